The molecule has 2 bridgehead atoms. The lowest BCUT2D eigenvalue weighted by atomic mass is 9.74. The highest BCUT2D eigenvalue weighted by Crippen LogP contribution is 2.48. The summed E-state index contributed by atoms with van der Waals surface area (Å²) in [4.78, 5) is 0. The lowest BCUT2D eigenvalue weighted by Gasteiger charge is -2.50. The van der Waals surface area contributed by atoms with Gasteiger partial charge in [-0.05, 0) is 20.9 Å². The molecular formula is C12H21NO. The van der Waals surface area contributed by atoms with Crippen LogP contribution in [0.15, 0.2) is 12.2 Å². The van der Waals surface area contributed by atoms with Gasteiger partial charge in [0.2, 0.25) is 0 Å². The molecule has 2 aliphatic heterocycles. The summed E-state index contributed by atoms with van der Waals surface area (Å²) >= 11 is 0. The maximum Gasteiger partial charge on any atom is 0.0887 e. The summed E-state index contributed by atoms with van der Waals surface area (Å²) in [6, 6.07) is 0.536. The molecule has 2 rings (SSSR count). The molecule has 0 saturated carbocycles. The SMILES string of the molecule is CNC1[C@@H](C)[C@@]2(C)C=C[C@](C)(O2)[C@H]1C. The van der Waals surface area contributed by atoms with Crippen molar-refractivity contribution in [2.75, 3.05) is 7.05 Å². The van der Waals surface area contributed by atoms with E-state index in [4.69, 9.17) is 4.74 Å². The summed E-state index contributed by atoms with van der Waals surface area (Å²) in [6.45, 7) is 8.92. The summed E-state index contributed by atoms with van der Waals surface area (Å²) in [5.41, 5.74) is -0.149. The highest BCUT2D eigenvalue weighted by Gasteiger charge is 2.54. The van der Waals surface area contributed by atoms with Gasteiger partial charge in [-0.3, -0.25) is 0 Å². The monoisotopic (exact) mass is 195 g/mol. The Morgan fingerprint density at radius 2 is 1.50 bits per heavy atom. The van der Waals surface area contributed by atoms with Gasteiger partial charge in [0.05, 0.1) is 11.2 Å². The van der Waals surface area contributed by atoms with E-state index in [0.717, 1.165) is 0 Å². The molecule has 1 fully saturated rings. The molecule has 2 heterocycles. The van der Waals surface area contributed by atoms with Crippen LogP contribution in [0.1, 0.15) is 27.7 Å². The van der Waals surface area contributed by atoms with Crippen LogP contribution in [-0.4, -0.2) is 24.3 Å². The Balaban J connectivity index is 2.38. The van der Waals surface area contributed by atoms with Crippen molar-refractivity contribution in [3.05, 3.63) is 12.2 Å². The third-order valence-electron chi connectivity index (χ3n) is 4.40. The smallest absolute Gasteiger partial charge is 0.0887 e. The molecule has 0 aromatic rings. The number of nitrogens with one attached hydrogen (secondary N) is 1. The van der Waals surface area contributed by atoms with E-state index < -0.39 is 0 Å². The van der Waals surface area contributed by atoms with E-state index in [-0.39, 0.29) is 11.2 Å². The molecule has 2 nitrogen and oxygen atoms in total. The molecule has 0 amide bonds. The van der Waals surface area contributed by atoms with E-state index >= 15 is 0 Å². The summed E-state index contributed by atoms with van der Waals surface area (Å²) in [7, 11) is 2.05. The van der Waals surface area contributed by atoms with Gasteiger partial charge >= 0.3 is 0 Å². The molecule has 2 heteroatoms. The molecule has 0 spiro atoms. The Morgan fingerprint density at radius 1 is 1.07 bits per heavy atom. The Labute approximate surface area is 86.7 Å². The van der Waals surface area contributed by atoms with Crippen molar-refractivity contribution < 1.29 is 4.74 Å². The number of hydrogen-bond donors (Lipinski definition) is 1. The van der Waals surface area contributed by atoms with Crippen LogP contribution in [-0.2, 0) is 4.74 Å². The van der Waals surface area contributed by atoms with Crippen molar-refractivity contribution in [3.63, 3.8) is 0 Å². The largest absolute Gasteiger partial charge is 0.360 e. The standard InChI is InChI=1S/C12H21NO/c1-8-10(13-5)9(2)12(4)7-6-11(8,3)14-12/h6-10,13H,1-5H3/t8-,9+,10?,11-,12+. The zero-order valence-electron chi connectivity index (χ0n) is 9.79. The fourth-order valence-corrected chi connectivity index (χ4v) is 3.01. The van der Waals surface area contributed by atoms with Crippen molar-refractivity contribution in [1.29, 1.82) is 0 Å². The molecule has 0 aromatic carbocycles. The van der Waals surface area contributed by atoms with Gasteiger partial charge in [0.15, 0.2) is 0 Å². The van der Waals surface area contributed by atoms with Crippen LogP contribution < -0.4 is 5.32 Å². The van der Waals surface area contributed by atoms with E-state index in [2.05, 4.69) is 52.2 Å². The van der Waals surface area contributed by atoms with Crippen molar-refractivity contribution >= 4 is 0 Å². The minimum Gasteiger partial charge on any atom is -0.360 e. The first-order valence-corrected chi connectivity index (χ1v) is 5.51. The van der Waals surface area contributed by atoms with Crippen molar-refractivity contribution in [1.82, 2.24) is 5.32 Å². The highest BCUT2D eigenvalue weighted by molar-refractivity contribution is 5.24. The fraction of sp³-hybridized carbons (Fsp3) is 0.833. The van der Waals surface area contributed by atoms with E-state index in [0.29, 0.717) is 17.9 Å². The third-order valence-corrected chi connectivity index (χ3v) is 4.40. The molecule has 5 atom stereocenters. The van der Waals surface area contributed by atoms with Crippen LogP contribution in [0.5, 0.6) is 0 Å². The van der Waals surface area contributed by atoms with Crippen LogP contribution in [0, 0.1) is 11.8 Å². The van der Waals surface area contributed by atoms with Crippen molar-refractivity contribution in [3.8, 4) is 0 Å². The Kier molecular flexibility index (Phi) is 2.06. The average molecular weight is 195 g/mol. The topological polar surface area (TPSA) is 21.3 Å². The minimum absolute atomic E-state index is 0.0745. The summed E-state index contributed by atoms with van der Waals surface area (Å²) < 4.78 is 6.18. The first kappa shape index (κ1) is 10.2. The van der Waals surface area contributed by atoms with Crippen molar-refractivity contribution in [2.24, 2.45) is 11.8 Å². The Hall–Kier alpha value is -0.340. The van der Waals surface area contributed by atoms with Gasteiger partial charge in [0.1, 0.15) is 0 Å². The predicted molar refractivity (Wildman–Crippen MR) is 58.2 cm³/mol. The lowest BCUT2D eigenvalue weighted by molar-refractivity contribution is -0.172. The molecule has 2 aliphatic rings. The van der Waals surface area contributed by atoms with E-state index in [1.807, 2.05) is 0 Å². The molecule has 0 aliphatic carbocycles. The van der Waals surface area contributed by atoms with Crippen molar-refractivity contribution in [2.45, 2.75) is 44.9 Å². The van der Waals surface area contributed by atoms with Gasteiger partial charge in [-0.25, -0.2) is 0 Å². The van der Waals surface area contributed by atoms with Crippen LogP contribution in [0.3, 0.4) is 0 Å². The number of ether oxygens (including phenoxy) is 1. The van der Waals surface area contributed by atoms with E-state index in [1.54, 1.807) is 0 Å². The summed E-state index contributed by atoms with van der Waals surface area (Å²) in [5, 5.41) is 3.43. The third kappa shape index (κ3) is 1.10. The zero-order chi connectivity index (χ0) is 10.6. The van der Waals surface area contributed by atoms with Gasteiger partial charge in [0.25, 0.3) is 0 Å². The van der Waals surface area contributed by atoms with Gasteiger partial charge in [0, 0.05) is 17.9 Å². The Morgan fingerprint density at radius 3 is 1.86 bits per heavy atom. The maximum atomic E-state index is 6.18. The number of rotatable bonds is 1. The first-order valence-electron chi connectivity index (χ1n) is 5.51. The van der Waals surface area contributed by atoms with E-state index in [9.17, 15) is 0 Å². The first-order chi connectivity index (χ1) is 6.43. The quantitative estimate of drug-likeness (QED) is 0.646. The molecule has 0 radical (unpaired) electrons. The normalized spacial score (nSPS) is 56.5. The molecule has 0 aromatic heterocycles. The Bertz CT molecular complexity index is 251. The highest BCUT2D eigenvalue weighted by atomic mass is 16.5. The lowest BCUT2D eigenvalue weighted by Crippen LogP contribution is -2.59. The van der Waals surface area contributed by atoms with Crippen LogP contribution in [0.25, 0.3) is 0 Å². The van der Waals surface area contributed by atoms with Crippen LogP contribution in [0.4, 0.5) is 0 Å². The summed E-state index contributed by atoms with van der Waals surface area (Å²) in [6.07, 6.45) is 4.48. The van der Waals surface area contributed by atoms with Gasteiger partial charge in [-0.15, -0.1) is 0 Å². The van der Waals surface area contributed by atoms with Crippen LogP contribution >= 0.6 is 0 Å². The molecule has 1 saturated heterocycles. The number of hydrogen-bond acceptors (Lipinski definition) is 2. The maximum absolute atomic E-state index is 6.18. The van der Waals surface area contributed by atoms with Gasteiger partial charge < -0.3 is 10.1 Å². The molecule has 14 heavy (non-hydrogen) atoms. The molecular weight excluding hydrogens is 174 g/mol. The van der Waals surface area contributed by atoms with Crippen LogP contribution in [0.2, 0.25) is 0 Å². The number of fused-ring (bicyclic) bond motifs is 2. The minimum atomic E-state index is -0.0745. The molecule has 1 unspecified atom stereocenters. The predicted octanol–water partition coefficient (Wildman–Crippen LogP) is 1.96. The second-order valence-electron chi connectivity index (χ2n) is 5.19. The van der Waals surface area contributed by atoms with Gasteiger partial charge in [-0.2, -0.15) is 0 Å². The fourth-order valence-electron chi connectivity index (χ4n) is 3.01. The van der Waals surface area contributed by atoms with E-state index in [1.165, 1.54) is 0 Å². The second-order valence-corrected chi connectivity index (χ2v) is 5.19. The summed E-state index contributed by atoms with van der Waals surface area (Å²) in [5.74, 6) is 1.05. The average Bonchev–Trinajstić information content (AvgIpc) is 2.42. The zero-order valence-corrected chi connectivity index (χ0v) is 9.79. The second kappa shape index (κ2) is 2.83. The molecule has 80 valence electrons. The van der Waals surface area contributed by atoms with Gasteiger partial charge in [-0.1, -0.05) is 26.0 Å². The molecule has 1 N–H and O–H groups in total.